The van der Waals surface area contributed by atoms with E-state index in [1.54, 1.807) is 32.9 Å². The molecule has 0 bridgehead atoms. The standard InChI is InChI=1S/C28H48N2O5/c1-9-10-14-28(7,8)25(33)29-18-24(32)23(30-26(34)35-27(4,5)6)17-21(19(2)3)15-20-12-11-13-22(31)16-20/h11-13,16,19,21,23-24,31-32H,9-10,14-15,17-18H2,1-8H3,(H,29,33)(H,30,34). The second kappa shape index (κ2) is 13.7. The molecule has 1 rings (SSSR count). The first-order valence-electron chi connectivity index (χ1n) is 12.9. The third kappa shape index (κ3) is 11.8. The van der Waals surface area contributed by atoms with Crippen LogP contribution in [0.25, 0.3) is 0 Å². The second-order valence-electron chi connectivity index (χ2n) is 11.6. The fourth-order valence-electron chi connectivity index (χ4n) is 3.99. The van der Waals surface area contributed by atoms with Crippen LogP contribution in [-0.4, -0.2) is 46.5 Å². The number of carbonyl (C=O) groups is 2. The van der Waals surface area contributed by atoms with Gasteiger partial charge in [0, 0.05) is 12.0 Å². The molecule has 3 unspecified atom stereocenters. The number of carbonyl (C=O) groups excluding carboxylic acids is 2. The Morgan fingerprint density at radius 3 is 2.31 bits per heavy atom. The smallest absolute Gasteiger partial charge is 0.407 e. The van der Waals surface area contributed by atoms with Crippen molar-refractivity contribution >= 4 is 12.0 Å². The molecule has 0 aliphatic carbocycles. The lowest BCUT2D eigenvalue weighted by molar-refractivity contribution is -0.130. The molecule has 0 saturated heterocycles. The minimum absolute atomic E-state index is 0.0335. The molecule has 0 aliphatic heterocycles. The number of aromatic hydroxyl groups is 1. The molecule has 0 heterocycles. The Labute approximate surface area is 212 Å². The van der Waals surface area contributed by atoms with Crippen LogP contribution in [0.2, 0.25) is 0 Å². The first kappa shape index (κ1) is 30.8. The van der Waals surface area contributed by atoms with Gasteiger partial charge >= 0.3 is 6.09 Å². The summed E-state index contributed by atoms with van der Waals surface area (Å²) in [4.78, 5) is 25.3. The molecule has 0 aliphatic rings. The Kier molecular flexibility index (Phi) is 12.0. The molecule has 0 saturated carbocycles. The average Bonchev–Trinajstić information content (AvgIpc) is 2.73. The molecule has 7 heteroatoms. The normalized spacial score (nSPS) is 14.8. The van der Waals surface area contributed by atoms with Crippen molar-refractivity contribution in [2.45, 2.75) is 105 Å². The van der Waals surface area contributed by atoms with E-state index in [0.717, 1.165) is 24.8 Å². The second-order valence-corrected chi connectivity index (χ2v) is 11.6. The molecule has 1 aromatic carbocycles. The highest BCUT2D eigenvalue weighted by Gasteiger charge is 2.31. The number of rotatable bonds is 13. The zero-order valence-electron chi connectivity index (χ0n) is 23.0. The lowest BCUT2D eigenvalue weighted by atomic mass is 9.82. The van der Waals surface area contributed by atoms with Crippen molar-refractivity contribution in [3.05, 3.63) is 29.8 Å². The molecular formula is C28H48N2O5. The molecular weight excluding hydrogens is 444 g/mol. The number of hydrogen-bond donors (Lipinski definition) is 4. The Morgan fingerprint density at radius 2 is 1.77 bits per heavy atom. The van der Waals surface area contributed by atoms with Gasteiger partial charge in [-0.3, -0.25) is 4.79 Å². The third-order valence-corrected chi connectivity index (χ3v) is 6.32. The van der Waals surface area contributed by atoms with Crippen molar-refractivity contribution in [2.75, 3.05) is 6.54 Å². The van der Waals surface area contributed by atoms with Gasteiger partial charge in [0.15, 0.2) is 0 Å². The highest BCUT2D eigenvalue weighted by molar-refractivity contribution is 5.81. The highest BCUT2D eigenvalue weighted by atomic mass is 16.6. The Hall–Kier alpha value is -2.28. The molecule has 0 fully saturated rings. The van der Waals surface area contributed by atoms with E-state index in [-0.39, 0.29) is 30.0 Å². The van der Waals surface area contributed by atoms with Crippen LogP contribution < -0.4 is 10.6 Å². The third-order valence-electron chi connectivity index (χ3n) is 6.32. The zero-order chi connectivity index (χ0) is 26.8. The summed E-state index contributed by atoms with van der Waals surface area (Å²) < 4.78 is 5.44. The van der Waals surface area contributed by atoms with Gasteiger partial charge in [-0.05, 0) is 69.6 Å². The average molecular weight is 493 g/mol. The molecule has 2 amide bonds. The van der Waals surface area contributed by atoms with Crippen LogP contribution >= 0.6 is 0 Å². The zero-order valence-corrected chi connectivity index (χ0v) is 23.0. The van der Waals surface area contributed by atoms with Crippen molar-refractivity contribution in [3.63, 3.8) is 0 Å². The molecule has 0 spiro atoms. The number of unbranched alkanes of at least 4 members (excludes halogenated alkanes) is 1. The number of benzene rings is 1. The number of phenolic OH excluding ortho intramolecular Hbond substituents is 1. The summed E-state index contributed by atoms with van der Waals surface area (Å²) in [5.41, 5.74) is -0.212. The fourth-order valence-corrected chi connectivity index (χ4v) is 3.99. The number of aliphatic hydroxyl groups is 1. The summed E-state index contributed by atoms with van der Waals surface area (Å²) in [7, 11) is 0. The van der Waals surface area contributed by atoms with Crippen molar-refractivity contribution in [1.29, 1.82) is 0 Å². The molecule has 0 radical (unpaired) electrons. The van der Waals surface area contributed by atoms with Crippen LogP contribution in [-0.2, 0) is 16.0 Å². The Morgan fingerprint density at radius 1 is 1.11 bits per heavy atom. The molecule has 7 nitrogen and oxygen atoms in total. The number of hydrogen-bond acceptors (Lipinski definition) is 5. The predicted octanol–water partition coefficient (Wildman–Crippen LogP) is 5.18. The van der Waals surface area contributed by atoms with Crippen LogP contribution in [0, 0.1) is 17.3 Å². The first-order valence-corrected chi connectivity index (χ1v) is 12.9. The van der Waals surface area contributed by atoms with E-state index >= 15 is 0 Å². The van der Waals surface area contributed by atoms with Gasteiger partial charge in [0.25, 0.3) is 0 Å². The van der Waals surface area contributed by atoms with E-state index in [9.17, 15) is 19.8 Å². The van der Waals surface area contributed by atoms with Gasteiger partial charge in [0.1, 0.15) is 11.4 Å². The lowest BCUT2D eigenvalue weighted by Gasteiger charge is -2.32. The maximum Gasteiger partial charge on any atom is 0.407 e. The van der Waals surface area contributed by atoms with E-state index in [0.29, 0.717) is 12.8 Å². The van der Waals surface area contributed by atoms with Gasteiger partial charge in [-0.1, -0.05) is 59.6 Å². The van der Waals surface area contributed by atoms with Gasteiger partial charge in [0.05, 0.1) is 12.1 Å². The molecule has 3 atom stereocenters. The number of alkyl carbamates (subject to hydrolysis) is 1. The summed E-state index contributed by atoms with van der Waals surface area (Å²) in [6.07, 6.45) is 2.32. The quantitative estimate of drug-likeness (QED) is 0.303. The van der Waals surface area contributed by atoms with Gasteiger partial charge in [0.2, 0.25) is 5.91 Å². The van der Waals surface area contributed by atoms with Crippen molar-refractivity contribution in [3.8, 4) is 5.75 Å². The fraction of sp³-hybridized carbons (Fsp3) is 0.714. The van der Waals surface area contributed by atoms with Crippen molar-refractivity contribution in [1.82, 2.24) is 10.6 Å². The Balaban J connectivity index is 2.99. The number of ether oxygens (including phenoxy) is 1. The summed E-state index contributed by atoms with van der Waals surface area (Å²) >= 11 is 0. The molecule has 200 valence electrons. The van der Waals surface area contributed by atoms with Crippen molar-refractivity contribution < 1.29 is 24.5 Å². The predicted molar refractivity (Wildman–Crippen MR) is 140 cm³/mol. The SMILES string of the molecule is CCCCC(C)(C)C(=O)NCC(O)C(CC(Cc1cccc(O)c1)C(C)C)NC(=O)OC(C)(C)C. The van der Waals surface area contributed by atoms with Crippen LogP contribution in [0.1, 0.15) is 86.6 Å². The van der Waals surface area contributed by atoms with E-state index in [1.807, 2.05) is 26.0 Å². The van der Waals surface area contributed by atoms with Crippen molar-refractivity contribution in [2.24, 2.45) is 17.3 Å². The molecule has 1 aromatic rings. The maximum absolute atomic E-state index is 12.8. The summed E-state index contributed by atoms with van der Waals surface area (Å²) in [6.45, 7) is 15.5. The molecule has 4 N–H and O–H groups in total. The van der Waals surface area contributed by atoms with Crippen LogP contribution in [0.4, 0.5) is 4.79 Å². The van der Waals surface area contributed by atoms with Crippen LogP contribution in [0.3, 0.4) is 0 Å². The largest absolute Gasteiger partial charge is 0.508 e. The van der Waals surface area contributed by atoms with Gasteiger partial charge in [-0.25, -0.2) is 4.79 Å². The molecule has 0 aromatic heterocycles. The summed E-state index contributed by atoms with van der Waals surface area (Å²) in [5.74, 6) is 0.473. The van der Waals surface area contributed by atoms with Crippen LogP contribution in [0.5, 0.6) is 5.75 Å². The number of phenols is 1. The number of aliphatic hydroxyl groups excluding tert-OH is 1. The van der Waals surface area contributed by atoms with Gasteiger partial charge in [-0.15, -0.1) is 0 Å². The minimum atomic E-state index is -0.987. The van der Waals surface area contributed by atoms with E-state index in [1.165, 1.54) is 0 Å². The summed E-state index contributed by atoms with van der Waals surface area (Å²) in [6, 6.07) is 6.52. The van der Waals surface area contributed by atoms with E-state index in [2.05, 4.69) is 31.4 Å². The molecule has 35 heavy (non-hydrogen) atoms. The number of nitrogens with one attached hydrogen (secondary N) is 2. The first-order chi connectivity index (χ1) is 16.1. The minimum Gasteiger partial charge on any atom is -0.508 e. The lowest BCUT2D eigenvalue weighted by Crippen LogP contribution is -2.51. The maximum atomic E-state index is 12.8. The topological polar surface area (TPSA) is 108 Å². The monoisotopic (exact) mass is 492 g/mol. The highest BCUT2D eigenvalue weighted by Crippen LogP contribution is 2.26. The van der Waals surface area contributed by atoms with E-state index < -0.39 is 29.3 Å². The summed E-state index contributed by atoms with van der Waals surface area (Å²) in [5, 5.41) is 26.6. The van der Waals surface area contributed by atoms with E-state index in [4.69, 9.17) is 4.74 Å². The van der Waals surface area contributed by atoms with Gasteiger partial charge < -0.3 is 25.6 Å². The van der Waals surface area contributed by atoms with Crippen LogP contribution in [0.15, 0.2) is 24.3 Å². The number of amides is 2. The van der Waals surface area contributed by atoms with Gasteiger partial charge in [-0.2, -0.15) is 0 Å². The Bertz CT molecular complexity index is 801.